The van der Waals surface area contributed by atoms with Gasteiger partial charge in [0.2, 0.25) is 0 Å². The molecule has 0 saturated heterocycles. The third-order valence-electron chi connectivity index (χ3n) is 3.52. The first-order valence-electron chi connectivity index (χ1n) is 7.88. The number of nitrogens with zero attached hydrogens (tertiary/aromatic N) is 1. The maximum Gasteiger partial charge on any atom is 0.280 e. The highest BCUT2D eigenvalue weighted by atomic mass is 35.5. The number of para-hydroxylation sites is 1. The SMILES string of the molecule is C[C@H](Oc1ccccc1F)C(=O)N/N=C\c1cc(Cl)c2c(c1)OCCO2. The summed E-state index contributed by atoms with van der Waals surface area (Å²) in [4.78, 5) is 12.0. The van der Waals surface area contributed by atoms with Crippen molar-refractivity contribution in [2.24, 2.45) is 5.10 Å². The largest absolute Gasteiger partial charge is 0.486 e. The van der Waals surface area contributed by atoms with Crippen molar-refractivity contribution in [3.05, 3.63) is 52.8 Å². The number of amides is 1. The molecule has 8 heteroatoms. The number of carbonyl (C=O) groups is 1. The molecule has 26 heavy (non-hydrogen) atoms. The lowest BCUT2D eigenvalue weighted by Gasteiger charge is -2.19. The zero-order valence-corrected chi connectivity index (χ0v) is 14.6. The molecule has 0 spiro atoms. The summed E-state index contributed by atoms with van der Waals surface area (Å²) < 4.78 is 29.7. The molecule has 1 amide bonds. The van der Waals surface area contributed by atoms with E-state index in [1.807, 2.05) is 0 Å². The van der Waals surface area contributed by atoms with E-state index in [-0.39, 0.29) is 5.75 Å². The second-order valence-corrected chi connectivity index (χ2v) is 5.86. The summed E-state index contributed by atoms with van der Waals surface area (Å²) in [6.45, 7) is 2.37. The van der Waals surface area contributed by atoms with E-state index in [1.54, 1.807) is 18.2 Å². The van der Waals surface area contributed by atoms with Gasteiger partial charge in [-0.3, -0.25) is 4.79 Å². The molecule has 1 N–H and O–H groups in total. The molecule has 1 aliphatic heterocycles. The molecule has 2 aromatic carbocycles. The van der Waals surface area contributed by atoms with Crippen LogP contribution in [-0.4, -0.2) is 31.4 Å². The van der Waals surface area contributed by atoms with Crippen LogP contribution < -0.4 is 19.6 Å². The monoisotopic (exact) mass is 378 g/mol. The minimum Gasteiger partial charge on any atom is -0.486 e. The van der Waals surface area contributed by atoms with Crippen molar-refractivity contribution in [2.75, 3.05) is 13.2 Å². The quantitative estimate of drug-likeness (QED) is 0.641. The predicted molar refractivity (Wildman–Crippen MR) is 94.7 cm³/mol. The first kappa shape index (κ1) is 18.0. The number of hydrogen-bond donors (Lipinski definition) is 1. The van der Waals surface area contributed by atoms with Crippen LogP contribution in [0.3, 0.4) is 0 Å². The number of halogens is 2. The molecule has 0 saturated carbocycles. The van der Waals surface area contributed by atoms with Gasteiger partial charge in [-0.05, 0) is 36.8 Å². The molecule has 0 fully saturated rings. The Hall–Kier alpha value is -2.80. The highest BCUT2D eigenvalue weighted by Crippen LogP contribution is 2.37. The standard InChI is InChI=1S/C18H16ClFN2O4/c1-11(26-15-5-3-2-4-14(15)20)18(23)22-21-10-12-8-13(19)17-16(9-12)24-6-7-25-17/h2-5,8-11H,6-7H2,1H3,(H,22,23)/b21-10-/t11-/m0/s1. The summed E-state index contributed by atoms with van der Waals surface area (Å²) in [5.74, 6) is -0.0498. The van der Waals surface area contributed by atoms with Gasteiger partial charge in [0, 0.05) is 0 Å². The fraction of sp³-hybridized carbons (Fsp3) is 0.222. The molecule has 2 aromatic rings. The van der Waals surface area contributed by atoms with Gasteiger partial charge in [-0.15, -0.1) is 0 Å². The number of fused-ring (bicyclic) bond motifs is 1. The van der Waals surface area contributed by atoms with Gasteiger partial charge in [-0.25, -0.2) is 9.82 Å². The number of hydrazone groups is 1. The van der Waals surface area contributed by atoms with E-state index in [2.05, 4.69) is 10.5 Å². The number of ether oxygens (including phenoxy) is 3. The van der Waals surface area contributed by atoms with E-state index < -0.39 is 17.8 Å². The predicted octanol–water partition coefficient (Wildman–Crippen LogP) is 3.17. The average Bonchev–Trinajstić information content (AvgIpc) is 2.63. The van der Waals surface area contributed by atoms with Gasteiger partial charge in [0.1, 0.15) is 13.2 Å². The fourth-order valence-corrected chi connectivity index (χ4v) is 2.52. The van der Waals surface area contributed by atoms with Crippen molar-refractivity contribution in [3.63, 3.8) is 0 Å². The van der Waals surface area contributed by atoms with Gasteiger partial charge in [0.15, 0.2) is 29.2 Å². The number of rotatable bonds is 5. The molecule has 0 unspecified atom stereocenters. The molecule has 1 atom stereocenters. The number of carbonyl (C=O) groups excluding carboxylic acids is 1. The number of hydrogen-bond acceptors (Lipinski definition) is 5. The van der Waals surface area contributed by atoms with Gasteiger partial charge in [-0.1, -0.05) is 23.7 Å². The van der Waals surface area contributed by atoms with E-state index in [0.29, 0.717) is 35.3 Å². The van der Waals surface area contributed by atoms with Crippen LogP contribution in [0.25, 0.3) is 0 Å². The number of benzene rings is 2. The third-order valence-corrected chi connectivity index (χ3v) is 3.80. The molecule has 0 aliphatic carbocycles. The zero-order valence-electron chi connectivity index (χ0n) is 13.9. The van der Waals surface area contributed by atoms with Crippen LogP contribution in [0, 0.1) is 5.82 Å². The Morgan fingerprint density at radius 2 is 2.12 bits per heavy atom. The fourth-order valence-electron chi connectivity index (χ4n) is 2.25. The van der Waals surface area contributed by atoms with Gasteiger partial charge in [-0.2, -0.15) is 5.10 Å². The van der Waals surface area contributed by atoms with Gasteiger partial charge in [0.25, 0.3) is 5.91 Å². The lowest BCUT2D eigenvalue weighted by molar-refractivity contribution is -0.127. The molecular weight excluding hydrogens is 363 g/mol. The normalized spacial score (nSPS) is 14.1. The highest BCUT2D eigenvalue weighted by molar-refractivity contribution is 6.32. The van der Waals surface area contributed by atoms with Gasteiger partial charge < -0.3 is 14.2 Å². The summed E-state index contributed by atoms with van der Waals surface area (Å²) >= 11 is 6.13. The second-order valence-electron chi connectivity index (χ2n) is 5.45. The summed E-state index contributed by atoms with van der Waals surface area (Å²) in [6, 6.07) is 9.20. The van der Waals surface area contributed by atoms with Crippen LogP contribution >= 0.6 is 11.6 Å². The van der Waals surface area contributed by atoms with Crippen molar-refractivity contribution in [3.8, 4) is 17.2 Å². The van der Waals surface area contributed by atoms with Crippen molar-refractivity contribution in [1.29, 1.82) is 0 Å². The van der Waals surface area contributed by atoms with Crippen LogP contribution in [0.5, 0.6) is 17.2 Å². The Bertz CT molecular complexity index is 844. The van der Waals surface area contributed by atoms with E-state index in [1.165, 1.54) is 31.3 Å². The topological polar surface area (TPSA) is 69.2 Å². The smallest absolute Gasteiger partial charge is 0.280 e. The van der Waals surface area contributed by atoms with E-state index in [4.69, 9.17) is 25.8 Å². The first-order chi connectivity index (χ1) is 12.5. The van der Waals surface area contributed by atoms with Gasteiger partial charge >= 0.3 is 0 Å². The third kappa shape index (κ3) is 4.23. The second kappa shape index (κ2) is 8.05. The Balaban J connectivity index is 1.60. The lowest BCUT2D eigenvalue weighted by Crippen LogP contribution is -2.33. The molecule has 1 heterocycles. The Morgan fingerprint density at radius 3 is 2.92 bits per heavy atom. The maximum atomic E-state index is 13.5. The Kier molecular flexibility index (Phi) is 5.58. The van der Waals surface area contributed by atoms with Crippen LogP contribution in [-0.2, 0) is 4.79 Å². The molecule has 0 bridgehead atoms. The Labute approximate surface area is 154 Å². The van der Waals surface area contributed by atoms with Crippen molar-refractivity contribution in [2.45, 2.75) is 13.0 Å². The maximum absolute atomic E-state index is 13.5. The molecule has 1 aliphatic rings. The van der Waals surface area contributed by atoms with Gasteiger partial charge in [0.05, 0.1) is 11.2 Å². The minimum atomic E-state index is -0.923. The van der Waals surface area contributed by atoms with E-state index in [9.17, 15) is 9.18 Å². The lowest BCUT2D eigenvalue weighted by atomic mass is 10.2. The van der Waals surface area contributed by atoms with Crippen LogP contribution in [0.15, 0.2) is 41.5 Å². The first-order valence-corrected chi connectivity index (χ1v) is 8.25. The minimum absolute atomic E-state index is 0.00209. The van der Waals surface area contributed by atoms with Crippen molar-refractivity contribution >= 4 is 23.7 Å². The summed E-state index contributed by atoms with van der Waals surface area (Å²) in [7, 11) is 0. The van der Waals surface area contributed by atoms with Crippen LogP contribution in [0.2, 0.25) is 5.02 Å². The molecule has 6 nitrogen and oxygen atoms in total. The van der Waals surface area contributed by atoms with Crippen molar-refractivity contribution < 1.29 is 23.4 Å². The van der Waals surface area contributed by atoms with Crippen molar-refractivity contribution in [1.82, 2.24) is 5.43 Å². The molecular formula is C18H16ClFN2O4. The average molecular weight is 379 g/mol. The summed E-state index contributed by atoms with van der Waals surface area (Å²) in [6.07, 6.45) is 0.491. The molecule has 0 aromatic heterocycles. The Morgan fingerprint density at radius 1 is 1.35 bits per heavy atom. The zero-order chi connectivity index (χ0) is 18.5. The number of nitrogens with one attached hydrogen (secondary N) is 1. The van der Waals surface area contributed by atoms with E-state index >= 15 is 0 Å². The molecule has 3 rings (SSSR count). The van der Waals surface area contributed by atoms with Crippen LogP contribution in [0.4, 0.5) is 4.39 Å². The molecule has 136 valence electrons. The van der Waals surface area contributed by atoms with E-state index in [0.717, 1.165) is 0 Å². The highest BCUT2D eigenvalue weighted by Gasteiger charge is 2.17. The summed E-state index contributed by atoms with van der Waals surface area (Å²) in [5.41, 5.74) is 2.97. The summed E-state index contributed by atoms with van der Waals surface area (Å²) in [5, 5.41) is 4.26. The van der Waals surface area contributed by atoms with Crippen LogP contribution in [0.1, 0.15) is 12.5 Å². The molecule has 0 radical (unpaired) electrons.